The number of piperidine rings is 1. The number of carbonyl (C=O) groups excluding carboxylic acids is 1. The third kappa shape index (κ3) is 6.35. The Morgan fingerprint density at radius 3 is 3.04 bits per heavy atom. The van der Waals surface area contributed by atoms with Crippen molar-refractivity contribution in [2.24, 2.45) is 5.92 Å². The SMILES string of the molecule is CN(C)CCCNC(=O)N1CCCC(COc2cccc(F)c2)C1. The first kappa shape index (κ1) is 18.5. The standard InChI is InChI=1S/C18H28FN3O2/c1-21(2)10-5-9-20-18(23)22-11-4-6-15(13-22)14-24-17-8-3-7-16(19)12-17/h3,7-8,12,15H,4-6,9-11,13-14H2,1-2H3,(H,20,23). The van der Waals surface area contributed by atoms with E-state index in [1.807, 2.05) is 19.0 Å². The van der Waals surface area contributed by atoms with Crippen molar-refractivity contribution < 1.29 is 13.9 Å². The van der Waals surface area contributed by atoms with Gasteiger partial charge in [0, 0.05) is 31.6 Å². The van der Waals surface area contributed by atoms with Gasteiger partial charge >= 0.3 is 6.03 Å². The molecule has 0 radical (unpaired) electrons. The molecule has 0 spiro atoms. The van der Waals surface area contributed by atoms with Gasteiger partial charge in [-0.2, -0.15) is 0 Å². The molecule has 0 aliphatic carbocycles. The number of nitrogens with one attached hydrogen (secondary N) is 1. The first-order chi connectivity index (χ1) is 11.5. The van der Waals surface area contributed by atoms with E-state index in [-0.39, 0.29) is 17.8 Å². The van der Waals surface area contributed by atoms with Crippen molar-refractivity contribution in [1.29, 1.82) is 0 Å². The van der Waals surface area contributed by atoms with Gasteiger partial charge in [-0.25, -0.2) is 9.18 Å². The zero-order chi connectivity index (χ0) is 17.4. The Morgan fingerprint density at radius 1 is 1.46 bits per heavy atom. The molecule has 6 heteroatoms. The molecule has 1 heterocycles. The summed E-state index contributed by atoms with van der Waals surface area (Å²) >= 11 is 0. The summed E-state index contributed by atoms with van der Waals surface area (Å²) in [7, 11) is 4.05. The molecule has 2 rings (SSSR count). The number of amides is 2. The van der Waals surface area contributed by atoms with E-state index in [0.29, 0.717) is 25.4 Å². The second kappa shape index (κ2) is 9.47. The topological polar surface area (TPSA) is 44.8 Å². The summed E-state index contributed by atoms with van der Waals surface area (Å²) in [6.07, 6.45) is 2.95. The van der Waals surface area contributed by atoms with Gasteiger partial charge in [0.15, 0.2) is 0 Å². The van der Waals surface area contributed by atoms with E-state index in [9.17, 15) is 9.18 Å². The number of rotatable bonds is 7. The van der Waals surface area contributed by atoms with Crippen LogP contribution < -0.4 is 10.1 Å². The Morgan fingerprint density at radius 2 is 2.29 bits per heavy atom. The molecule has 1 unspecified atom stereocenters. The lowest BCUT2D eigenvalue weighted by Crippen LogP contribution is -2.47. The van der Waals surface area contributed by atoms with Gasteiger partial charge in [0.2, 0.25) is 0 Å². The molecule has 134 valence electrons. The normalized spacial score (nSPS) is 17.8. The Hall–Kier alpha value is -1.82. The van der Waals surface area contributed by atoms with Crippen LogP contribution in [0, 0.1) is 11.7 Å². The summed E-state index contributed by atoms with van der Waals surface area (Å²) < 4.78 is 18.8. The van der Waals surface area contributed by atoms with Gasteiger partial charge in [0.1, 0.15) is 11.6 Å². The van der Waals surface area contributed by atoms with E-state index in [2.05, 4.69) is 10.2 Å². The van der Waals surface area contributed by atoms with E-state index in [1.54, 1.807) is 12.1 Å². The fourth-order valence-electron chi connectivity index (χ4n) is 2.86. The van der Waals surface area contributed by atoms with E-state index in [0.717, 1.165) is 32.4 Å². The Labute approximate surface area is 143 Å². The largest absolute Gasteiger partial charge is 0.493 e. The summed E-state index contributed by atoms with van der Waals surface area (Å²) in [6, 6.07) is 6.18. The van der Waals surface area contributed by atoms with Crippen molar-refractivity contribution in [2.45, 2.75) is 19.3 Å². The highest BCUT2D eigenvalue weighted by Gasteiger charge is 2.23. The summed E-state index contributed by atoms with van der Waals surface area (Å²) in [5, 5.41) is 2.98. The van der Waals surface area contributed by atoms with E-state index in [1.165, 1.54) is 12.1 Å². The molecule has 1 N–H and O–H groups in total. The van der Waals surface area contributed by atoms with Crippen molar-refractivity contribution >= 4 is 6.03 Å². The Kier molecular flexibility index (Phi) is 7.31. The van der Waals surface area contributed by atoms with E-state index in [4.69, 9.17) is 4.74 Å². The maximum Gasteiger partial charge on any atom is 0.317 e. The first-order valence-electron chi connectivity index (χ1n) is 8.60. The summed E-state index contributed by atoms with van der Waals surface area (Å²) in [4.78, 5) is 16.2. The van der Waals surface area contributed by atoms with Crippen molar-refractivity contribution in [1.82, 2.24) is 15.1 Å². The van der Waals surface area contributed by atoms with Crippen LogP contribution in [0.3, 0.4) is 0 Å². The highest BCUT2D eigenvalue weighted by molar-refractivity contribution is 5.74. The van der Waals surface area contributed by atoms with Crippen LogP contribution in [-0.4, -0.2) is 62.7 Å². The van der Waals surface area contributed by atoms with Crippen LogP contribution >= 0.6 is 0 Å². The molecule has 1 aliphatic rings. The maximum atomic E-state index is 13.2. The van der Waals surface area contributed by atoms with Gasteiger partial charge < -0.3 is 19.9 Å². The van der Waals surface area contributed by atoms with Crippen LogP contribution in [0.4, 0.5) is 9.18 Å². The molecule has 1 aromatic rings. The van der Waals surface area contributed by atoms with Crippen LogP contribution in [-0.2, 0) is 0 Å². The summed E-state index contributed by atoms with van der Waals surface area (Å²) in [5.74, 6) is 0.532. The van der Waals surface area contributed by atoms with Gasteiger partial charge in [-0.15, -0.1) is 0 Å². The quantitative estimate of drug-likeness (QED) is 0.778. The number of ether oxygens (including phenoxy) is 1. The van der Waals surface area contributed by atoms with Gasteiger partial charge in [0.25, 0.3) is 0 Å². The minimum absolute atomic E-state index is 0.00390. The van der Waals surface area contributed by atoms with E-state index < -0.39 is 0 Å². The van der Waals surface area contributed by atoms with Crippen LogP contribution in [0.2, 0.25) is 0 Å². The molecule has 1 aliphatic heterocycles. The number of nitrogens with zero attached hydrogens (tertiary/aromatic N) is 2. The van der Waals surface area contributed by atoms with Crippen molar-refractivity contribution in [3.05, 3.63) is 30.1 Å². The number of likely N-dealkylation sites (tertiary alicyclic amines) is 1. The summed E-state index contributed by atoms with van der Waals surface area (Å²) in [5.41, 5.74) is 0. The average Bonchev–Trinajstić information content (AvgIpc) is 2.57. The average molecular weight is 337 g/mol. The molecular formula is C18H28FN3O2. The molecule has 1 aromatic carbocycles. The third-order valence-corrected chi connectivity index (χ3v) is 4.15. The second-order valence-corrected chi connectivity index (χ2v) is 6.61. The van der Waals surface area contributed by atoms with Crippen LogP contribution in [0.25, 0.3) is 0 Å². The fourth-order valence-corrected chi connectivity index (χ4v) is 2.86. The maximum absolute atomic E-state index is 13.2. The number of carbonyl (C=O) groups is 1. The molecule has 1 atom stereocenters. The van der Waals surface area contributed by atoms with Gasteiger partial charge in [-0.1, -0.05) is 6.07 Å². The highest BCUT2D eigenvalue weighted by atomic mass is 19.1. The van der Waals surface area contributed by atoms with Gasteiger partial charge in [-0.3, -0.25) is 0 Å². The lowest BCUT2D eigenvalue weighted by molar-refractivity contribution is 0.137. The van der Waals surface area contributed by atoms with Gasteiger partial charge in [-0.05, 0) is 52.0 Å². The van der Waals surface area contributed by atoms with Crippen LogP contribution in [0.5, 0.6) is 5.75 Å². The highest BCUT2D eigenvalue weighted by Crippen LogP contribution is 2.19. The number of benzene rings is 1. The van der Waals surface area contributed by atoms with E-state index >= 15 is 0 Å². The zero-order valence-corrected chi connectivity index (χ0v) is 14.6. The smallest absolute Gasteiger partial charge is 0.317 e. The number of hydrogen-bond donors (Lipinski definition) is 1. The lowest BCUT2D eigenvalue weighted by atomic mass is 9.99. The molecule has 2 amide bonds. The van der Waals surface area contributed by atoms with Crippen LogP contribution in [0.15, 0.2) is 24.3 Å². The molecule has 24 heavy (non-hydrogen) atoms. The fraction of sp³-hybridized carbons (Fsp3) is 0.611. The molecule has 1 saturated heterocycles. The Bertz CT molecular complexity index is 525. The minimum atomic E-state index is -0.296. The van der Waals surface area contributed by atoms with Crippen molar-refractivity contribution in [3.8, 4) is 5.75 Å². The third-order valence-electron chi connectivity index (χ3n) is 4.15. The predicted molar refractivity (Wildman–Crippen MR) is 92.8 cm³/mol. The Balaban J connectivity index is 1.71. The number of hydrogen-bond acceptors (Lipinski definition) is 3. The zero-order valence-electron chi connectivity index (χ0n) is 14.6. The number of urea groups is 1. The van der Waals surface area contributed by atoms with Crippen molar-refractivity contribution in [3.63, 3.8) is 0 Å². The molecule has 5 nitrogen and oxygen atoms in total. The second-order valence-electron chi connectivity index (χ2n) is 6.61. The predicted octanol–water partition coefficient (Wildman–Crippen LogP) is 2.58. The number of halogens is 1. The lowest BCUT2D eigenvalue weighted by Gasteiger charge is -2.32. The first-order valence-corrected chi connectivity index (χ1v) is 8.60. The summed E-state index contributed by atoms with van der Waals surface area (Å²) in [6.45, 7) is 3.64. The monoisotopic (exact) mass is 337 g/mol. The molecular weight excluding hydrogens is 309 g/mol. The molecule has 0 saturated carbocycles. The molecule has 0 bridgehead atoms. The van der Waals surface area contributed by atoms with Crippen molar-refractivity contribution in [2.75, 3.05) is 46.9 Å². The van der Waals surface area contributed by atoms with Gasteiger partial charge in [0.05, 0.1) is 6.61 Å². The molecule has 0 aromatic heterocycles. The minimum Gasteiger partial charge on any atom is -0.493 e. The molecule has 1 fully saturated rings. The van der Waals surface area contributed by atoms with Crippen LogP contribution in [0.1, 0.15) is 19.3 Å².